The molecule has 1 heterocycles. The van der Waals surface area contributed by atoms with Crippen LogP contribution in [-0.2, 0) is 14.3 Å². The van der Waals surface area contributed by atoms with Gasteiger partial charge in [-0.2, -0.15) is 0 Å². The summed E-state index contributed by atoms with van der Waals surface area (Å²) >= 11 is 0. The van der Waals surface area contributed by atoms with Crippen LogP contribution in [0.1, 0.15) is 46.0 Å². The van der Waals surface area contributed by atoms with Gasteiger partial charge in [0.15, 0.2) is 0 Å². The number of carboxylic acids is 1. The van der Waals surface area contributed by atoms with Crippen molar-refractivity contribution in [3.63, 3.8) is 0 Å². The van der Waals surface area contributed by atoms with Gasteiger partial charge in [0, 0.05) is 5.57 Å². The summed E-state index contributed by atoms with van der Waals surface area (Å²) in [7, 11) is 0. The SMILES string of the molecule is C=C1CC[C@H](C)[C@@](C)(CCC2=CC(O)OC2=O)C/C=C\C=C/1C(=O)O. The third-order valence-electron chi connectivity index (χ3n) is 5.46. The monoisotopic (exact) mass is 346 g/mol. The Hall–Kier alpha value is -2.14. The molecule has 136 valence electrons. The van der Waals surface area contributed by atoms with E-state index in [1.54, 1.807) is 12.2 Å². The number of allylic oxidation sites excluding steroid dienone is 3. The molecular formula is C20H26O5. The smallest absolute Gasteiger partial charge is 0.336 e. The Morgan fingerprint density at radius 1 is 1.48 bits per heavy atom. The molecule has 2 N–H and O–H groups in total. The van der Waals surface area contributed by atoms with Gasteiger partial charge in [-0.3, -0.25) is 0 Å². The zero-order valence-electron chi connectivity index (χ0n) is 14.8. The van der Waals surface area contributed by atoms with Crippen LogP contribution in [0.3, 0.4) is 0 Å². The predicted octanol–water partition coefficient (Wildman–Crippen LogP) is 3.52. The molecule has 3 atom stereocenters. The first kappa shape index (κ1) is 19.2. The van der Waals surface area contributed by atoms with Crippen molar-refractivity contribution in [2.24, 2.45) is 11.3 Å². The van der Waals surface area contributed by atoms with Crippen LogP contribution in [-0.4, -0.2) is 28.4 Å². The minimum absolute atomic E-state index is 0.0417. The van der Waals surface area contributed by atoms with Crippen LogP contribution in [0.4, 0.5) is 0 Å². The lowest BCUT2D eigenvalue weighted by Gasteiger charge is -2.36. The Morgan fingerprint density at radius 3 is 2.80 bits per heavy atom. The van der Waals surface area contributed by atoms with Gasteiger partial charge >= 0.3 is 11.9 Å². The van der Waals surface area contributed by atoms with Crippen LogP contribution in [0, 0.1) is 11.3 Å². The fourth-order valence-corrected chi connectivity index (χ4v) is 3.33. The van der Waals surface area contributed by atoms with E-state index in [4.69, 9.17) is 4.74 Å². The Morgan fingerprint density at radius 2 is 2.20 bits per heavy atom. The Labute approximate surface area is 148 Å². The predicted molar refractivity (Wildman–Crippen MR) is 94.5 cm³/mol. The first-order valence-electron chi connectivity index (χ1n) is 8.61. The lowest BCUT2D eigenvalue weighted by atomic mass is 9.69. The van der Waals surface area contributed by atoms with Crippen LogP contribution in [0.25, 0.3) is 0 Å². The normalized spacial score (nSPS) is 33.9. The number of aliphatic carboxylic acids is 1. The molecule has 0 saturated heterocycles. The second-order valence-corrected chi connectivity index (χ2v) is 7.20. The van der Waals surface area contributed by atoms with Crippen LogP contribution in [0.15, 0.2) is 47.6 Å². The van der Waals surface area contributed by atoms with Crippen LogP contribution >= 0.6 is 0 Å². The van der Waals surface area contributed by atoms with E-state index in [-0.39, 0.29) is 11.0 Å². The zero-order chi connectivity index (χ0) is 18.6. The lowest BCUT2D eigenvalue weighted by molar-refractivity contribution is -0.151. The third kappa shape index (κ3) is 4.69. The van der Waals surface area contributed by atoms with Crippen molar-refractivity contribution in [2.45, 2.75) is 52.2 Å². The molecule has 1 unspecified atom stereocenters. The first-order valence-corrected chi connectivity index (χ1v) is 8.61. The number of aliphatic hydroxyl groups is 1. The average Bonchev–Trinajstić information content (AvgIpc) is 2.87. The summed E-state index contributed by atoms with van der Waals surface area (Å²) in [6.45, 7) is 8.26. The standard InChI is InChI=1S/C20H26O5/c1-13-7-8-14(2)20(3,10-5-4-6-16(13)18(22)23)11-9-15-12-17(21)25-19(15)24/h4-6,12,14,17,21H,1,7-11H2,2-3H3,(H,22,23)/b5-4-,16-6+/t14-,17?,20+/m0/s1. The molecule has 0 fully saturated rings. The molecule has 0 aromatic heterocycles. The summed E-state index contributed by atoms with van der Waals surface area (Å²) in [5.74, 6) is -1.07. The summed E-state index contributed by atoms with van der Waals surface area (Å²) < 4.78 is 4.74. The second kappa shape index (κ2) is 7.83. The maximum Gasteiger partial charge on any atom is 0.336 e. The summed E-state index contributed by atoms with van der Waals surface area (Å²) in [4.78, 5) is 23.0. The van der Waals surface area contributed by atoms with Gasteiger partial charge in [-0.15, -0.1) is 0 Å². The largest absolute Gasteiger partial charge is 0.478 e. The number of cyclic esters (lactones) is 1. The number of hydrogen-bond donors (Lipinski definition) is 2. The highest BCUT2D eigenvalue weighted by atomic mass is 16.6. The number of hydrogen-bond acceptors (Lipinski definition) is 4. The quantitative estimate of drug-likeness (QED) is 0.761. The Kier molecular flexibility index (Phi) is 6.01. The molecule has 0 aromatic carbocycles. The molecule has 25 heavy (non-hydrogen) atoms. The maximum atomic E-state index is 11.7. The summed E-state index contributed by atoms with van der Waals surface area (Å²) in [5, 5.41) is 18.7. The number of carbonyl (C=O) groups excluding carboxylic acids is 1. The lowest BCUT2D eigenvalue weighted by Crippen LogP contribution is -2.26. The van der Waals surface area contributed by atoms with E-state index >= 15 is 0 Å². The molecule has 1 aliphatic carbocycles. The minimum Gasteiger partial charge on any atom is -0.478 e. The van der Waals surface area contributed by atoms with Crippen molar-refractivity contribution in [3.05, 3.63) is 47.6 Å². The molecule has 2 rings (SSSR count). The van der Waals surface area contributed by atoms with Crippen molar-refractivity contribution >= 4 is 11.9 Å². The van der Waals surface area contributed by atoms with Gasteiger partial charge < -0.3 is 14.9 Å². The van der Waals surface area contributed by atoms with Crippen molar-refractivity contribution in [1.29, 1.82) is 0 Å². The van der Waals surface area contributed by atoms with Crippen molar-refractivity contribution in [3.8, 4) is 0 Å². The number of ether oxygens (including phenoxy) is 1. The summed E-state index contributed by atoms with van der Waals surface area (Å²) in [5.41, 5.74) is 1.39. The van der Waals surface area contributed by atoms with Gasteiger partial charge in [-0.25, -0.2) is 9.59 Å². The van der Waals surface area contributed by atoms with E-state index in [9.17, 15) is 19.8 Å². The van der Waals surface area contributed by atoms with Gasteiger partial charge in [0.1, 0.15) is 0 Å². The van der Waals surface area contributed by atoms with Gasteiger partial charge in [-0.1, -0.05) is 32.6 Å². The molecule has 2 aliphatic rings. The van der Waals surface area contributed by atoms with Crippen LogP contribution in [0.2, 0.25) is 0 Å². The van der Waals surface area contributed by atoms with Crippen molar-refractivity contribution < 1.29 is 24.5 Å². The molecule has 5 heteroatoms. The van der Waals surface area contributed by atoms with E-state index in [2.05, 4.69) is 20.4 Å². The maximum absolute atomic E-state index is 11.7. The van der Waals surface area contributed by atoms with E-state index < -0.39 is 18.2 Å². The summed E-state index contributed by atoms with van der Waals surface area (Å²) in [6, 6.07) is 0. The number of rotatable bonds is 4. The van der Waals surface area contributed by atoms with E-state index in [1.807, 2.05) is 6.08 Å². The molecule has 5 nitrogen and oxygen atoms in total. The molecule has 0 saturated carbocycles. The number of esters is 1. The molecular weight excluding hydrogens is 320 g/mol. The average molecular weight is 346 g/mol. The zero-order valence-corrected chi connectivity index (χ0v) is 14.8. The fourth-order valence-electron chi connectivity index (χ4n) is 3.33. The first-order chi connectivity index (χ1) is 11.7. The topological polar surface area (TPSA) is 83.8 Å². The Balaban J connectivity index is 2.13. The molecule has 0 radical (unpaired) electrons. The van der Waals surface area contributed by atoms with Gasteiger partial charge in [0.2, 0.25) is 6.29 Å². The van der Waals surface area contributed by atoms with Crippen molar-refractivity contribution in [1.82, 2.24) is 0 Å². The van der Waals surface area contributed by atoms with Crippen molar-refractivity contribution in [2.75, 3.05) is 0 Å². The van der Waals surface area contributed by atoms with Gasteiger partial charge in [-0.05, 0) is 61.2 Å². The number of aliphatic hydroxyl groups excluding tert-OH is 1. The molecule has 0 amide bonds. The molecule has 0 bridgehead atoms. The highest BCUT2D eigenvalue weighted by Gasteiger charge is 2.32. The highest BCUT2D eigenvalue weighted by molar-refractivity contribution is 5.92. The van der Waals surface area contributed by atoms with Gasteiger partial charge in [0.25, 0.3) is 0 Å². The molecule has 0 spiro atoms. The van der Waals surface area contributed by atoms with Crippen LogP contribution in [0.5, 0.6) is 0 Å². The Bertz CT molecular complexity index is 655. The van der Waals surface area contributed by atoms with Crippen LogP contribution < -0.4 is 0 Å². The molecule has 1 aliphatic heterocycles. The number of carbonyl (C=O) groups is 2. The summed E-state index contributed by atoms with van der Waals surface area (Å²) in [6.07, 6.45) is 9.30. The minimum atomic E-state index is -1.13. The van der Waals surface area contributed by atoms with E-state index in [1.165, 1.54) is 6.08 Å². The molecule has 0 aromatic rings. The van der Waals surface area contributed by atoms with E-state index in [0.29, 0.717) is 29.9 Å². The highest BCUT2D eigenvalue weighted by Crippen LogP contribution is 2.41. The number of carboxylic acid groups (broad SMARTS) is 1. The van der Waals surface area contributed by atoms with E-state index in [0.717, 1.165) is 19.3 Å². The van der Waals surface area contributed by atoms with Gasteiger partial charge in [0.05, 0.1) is 5.57 Å². The fraction of sp³-hybridized carbons (Fsp3) is 0.500. The second-order valence-electron chi connectivity index (χ2n) is 7.20. The third-order valence-corrected chi connectivity index (χ3v) is 5.46.